The maximum absolute atomic E-state index is 11.7. The van der Waals surface area contributed by atoms with Gasteiger partial charge in [-0.15, -0.1) is 0 Å². The highest BCUT2D eigenvalue weighted by molar-refractivity contribution is 7.46. The lowest BCUT2D eigenvalue weighted by atomic mass is 10.1. The molecule has 1 aliphatic heterocycles. The number of phosphoric ester groups is 1. The van der Waals surface area contributed by atoms with Crippen LogP contribution >= 0.6 is 7.82 Å². The average Bonchev–Trinajstić information content (AvgIpc) is 2.68. The Morgan fingerprint density at radius 1 is 1.36 bits per heavy atom. The Balaban J connectivity index is 2.23. The first-order valence-corrected chi connectivity index (χ1v) is 7.67. The highest BCUT2D eigenvalue weighted by Gasteiger charge is 2.45. The van der Waals surface area contributed by atoms with Gasteiger partial charge in [-0.2, -0.15) is 0 Å². The number of nitrogens with zero attached hydrogens (tertiary/aromatic N) is 1. The van der Waals surface area contributed by atoms with E-state index in [2.05, 4.69) is 4.52 Å². The Hall–Kier alpha value is -1.33. The molecule has 2 heterocycles. The molecule has 1 aromatic heterocycles. The minimum atomic E-state index is -4.77. The van der Waals surface area contributed by atoms with Crippen molar-refractivity contribution in [1.29, 1.82) is 0 Å². The van der Waals surface area contributed by atoms with Gasteiger partial charge in [0.25, 0.3) is 5.56 Å². The lowest BCUT2D eigenvalue weighted by Crippen LogP contribution is -2.38. The number of ether oxygens (including phenoxy) is 1. The number of aromatic nitrogens is 2. The van der Waals surface area contributed by atoms with Crippen molar-refractivity contribution in [3.63, 3.8) is 0 Å². The maximum Gasteiger partial charge on any atom is 0.469 e. The second-order valence-corrected chi connectivity index (χ2v) is 6.05. The quantitative estimate of drug-likeness (QED) is 0.374. The van der Waals surface area contributed by atoms with Crippen molar-refractivity contribution < 1.29 is 33.8 Å². The van der Waals surface area contributed by atoms with E-state index >= 15 is 0 Å². The maximum atomic E-state index is 11.7. The standard InChI is InChI=1S/C10H15N2O9P/c1-4-2-12(10(16)11-8(4)15)9-7(14)6(13)5(21-9)3-20-22(17,18)19/h2,5-7,9,13-14H,3H2,1H3,(H,11,15,16)(H2,17,18,19)/t5-,6-,7-,9-/m1/s1. The van der Waals surface area contributed by atoms with Gasteiger partial charge < -0.3 is 24.7 Å². The van der Waals surface area contributed by atoms with Crippen LogP contribution in [-0.4, -0.2) is 54.5 Å². The molecule has 0 aliphatic carbocycles. The molecule has 0 amide bonds. The molecule has 1 saturated heterocycles. The van der Waals surface area contributed by atoms with Crippen LogP contribution in [0.25, 0.3) is 0 Å². The Kier molecular flexibility index (Phi) is 4.68. The molecule has 0 unspecified atom stereocenters. The summed E-state index contributed by atoms with van der Waals surface area (Å²) < 4.78 is 20.9. The zero-order valence-corrected chi connectivity index (χ0v) is 12.2. The first kappa shape index (κ1) is 17.0. The van der Waals surface area contributed by atoms with Gasteiger partial charge in [-0.25, -0.2) is 9.36 Å². The Labute approximate surface area is 123 Å². The molecule has 2 rings (SSSR count). The van der Waals surface area contributed by atoms with Crippen LogP contribution in [0.2, 0.25) is 0 Å². The molecule has 12 heteroatoms. The topological polar surface area (TPSA) is 171 Å². The number of hydrogen-bond donors (Lipinski definition) is 5. The summed E-state index contributed by atoms with van der Waals surface area (Å²) in [6.45, 7) is 0.747. The summed E-state index contributed by atoms with van der Waals surface area (Å²) in [5.74, 6) is 0. The van der Waals surface area contributed by atoms with Gasteiger partial charge in [0.1, 0.15) is 18.3 Å². The normalized spacial score (nSPS) is 29.0. The van der Waals surface area contributed by atoms with Gasteiger partial charge in [0, 0.05) is 11.8 Å². The second-order valence-electron chi connectivity index (χ2n) is 4.81. The third kappa shape index (κ3) is 3.52. The summed E-state index contributed by atoms with van der Waals surface area (Å²) in [6.07, 6.45) is -4.52. The van der Waals surface area contributed by atoms with Crippen molar-refractivity contribution in [2.45, 2.75) is 31.5 Å². The molecule has 5 N–H and O–H groups in total. The number of aliphatic hydroxyl groups is 2. The van der Waals surface area contributed by atoms with Crippen LogP contribution in [0.3, 0.4) is 0 Å². The van der Waals surface area contributed by atoms with Gasteiger partial charge in [0.15, 0.2) is 6.23 Å². The number of aryl methyl sites for hydroxylation is 1. The summed E-state index contributed by atoms with van der Waals surface area (Å²) in [5, 5.41) is 19.7. The van der Waals surface area contributed by atoms with Crippen LogP contribution in [-0.2, 0) is 13.8 Å². The Bertz CT molecular complexity index is 707. The first-order chi connectivity index (χ1) is 10.1. The van der Waals surface area contributed by atoms with E-state index in [9.17, 15) is 24.4 Å². The monoisotopic (exact) mass is 338 g/mol. The number of nitrogens with one attached hydrogen (secondary N) is 1. The fourth-order valence-corrected chi connectivity index (χ4v) is 2.38. The van der Waals surface area contributed by atoms with Gasteiger partial charge in [0.05, 0.1) is 6.61 Å². The van der Waals surface area contributed by atoms with E-state index in [1.165, 1.54) is 6.92 Å². The van der Waals surface area contributed by atoms with E-state index in [1.807, 2.05) is 4.98 Å². The average molecular weight is 338 g/mol. The number of aliphatic hydroxyl groups excluding tert-OH is 2. The van der Waals surface area contributed by atoms with E-state index in [1.54, 1.807) is 0 Å². The first-order valence-electron chi connectivity index (χ1n) is 6.14. The predicted octanol–water partition coefficient (Wildman–Crippen LogP) is -2.43. The Morgan fingerprint density at radius 3 is 2.59 bits per heavy atom. The number of hydrogen-bond acceptors (Lipinski definition) is 7. The minimum Gasteiger partial charge on any atom is -0.387 e. The fourth-order valence-electron chi connectivity index (χ4n) is 2.04. The van der Waals surface area contributed by atoms with Crippen LogP contribution in [0, 0.1) is 6.92 Å². The predicted molar refractivity (Wildman–Crippen MR) is 70.0 cm³/mol. The van der Waals surface area contributed by atoms with Crippen molar-refractivity contribution in [2.75, 3.05) is 6.61 Å². The van der Waals surface area contributed by atoms with Crippen LogP contribution in [0.5, 0.6) is 0 Å². The van der Waals surface area contributed by atoms with Gasteiger partial charge in [-0.3, -0.25) is 18.9 Å². The molecule has 1 fully saturated rings. The van der Waals surface area contributed by atoms with Crippen LogP contribution < -0.4 is 11.2 Å². The van der Waals surface area contributed by atoms with Crippen LogP contribution in [0.15, 0.2) is 15.8 Å². The number of aromatic amines is 1. The third-order valence-electron chi connectivity index (χ3n) is 3.16. The molecule has 1 aliphatic rings. The minimum absolute atomic E-state index is 0.180. The van der Waals surface area contributed by atoms with Crippen LogP contribution in [0.4, 0.5) is 0 Å². The number of rotatable bonds is 4. The molecule has 11 nitrogen and oxygen atoms in total. The SMILES string of the molecule is Cc1cn([C@@H]2O[C@H](COP(=O)(O)O)[C@@H](O)[C@H]2O)c(=O)[nH]c1=O. The largest absolute Gasteiger partial charge is 0.469 e. The molecular weight excluding hydrogens is 323 g/mol. The summed E-state index contributed by atoms with van der Waals surface area (Å²) in [7, 11) is -4.77. The van der Waals surface area contributed by atoms with Gasteiger partial charge in [-0.1, -0.05) is 0 Å². The zero-order chi connectivity index (χ0) is 16.7. The second kappa shape index (κ2) is 6.05. The fraction of sp³-hybridized carbons (Fsp3) is 0.600. The highest BCUT2D eigenvalue weighted by atomic mass is 31.2. The van der Waals surface area contributed by atoms with E-state index in [0.717, 1.165) is 10.8 Å². The molecule has 0 bridgehead atoms. The van der Waals surface area contributed by atoms with Gasteiger partial charge in [0.2, 0.25) is 0 Å². The molecule has 124 valence electrons. The lowest BCUT2D eigenvalue weighted by molar-refractivity contribution is -0.0543. The summed E-state index contributed by atoms with van der Waals surface area (Å²) in [5.41, 5.74) is -1.28. The molecule has 0 aromatic carbocycles. The smallest absolute Gasteiger partial charge is 0.387 e. The van der Waals surface area contributed by atoms with E-state index in [0.29, 0.717) is 0 Å². The van der Waals surface area contributed by atoms with E-state index in [4.69, 9.17) is 14.5 Å². The van der Waals surface area contributed by atoms with Crippen molar-refractivity contribution in [2.24, 2.45) is 0 Å². The zero-order valence-electron chi connectivity index (χ0n) is 11.3. The van der Waals surface area contributed by atoms with Gasteiger partial charge >= 0.3 is 13.5 Å². The number of phosphoric acid groups is 1. The molecule has 0 radical (unpaired) electrons. The Morgan fingerprint density at radius 2 is 2.00 bits per heavy atom. The highest BCUT2D eigenvalue weighted by Crippen LogP contribution is 2.38. The van der Waals surface area contributed by atoms with Crippen molar-refractivity contribution in [3.8, 4) is 0 Å². The third-order valence-corrected chi connectivity index (χ3v) is 3.65. The molecule has 0 saturated carbocycles. The summed E-state index contributed by atoms with van der Waals surface area (Å²) in [6, 6.07) is 0. The van der Waals surface area contributed by atoms with Crippen molar-refractivity contribution >= 4 is 7.82 Å². The summed E-state index contributed by atoms with van der Waals surface area (Å²) >= 11 is 0. The van der Waals surface area contributed by atoms with Crippen LogP contribution in [0.1, 0.15) is 11.8 Å². The number of H-pyrrole nitrogens is 1. The molecule has 0 spiro atoms. The van der Waals surface area contributed by atoms with Gasteiger partial charge in [-0.05, 0) is 6.92 Å². The van der Waals surface area contributed by atoms with Crippen molar-refractivity contribution in [3.05, 3.63) is 32.6 Å². The van der Waals surface area contributed by atoms with Crippen molar-refractivity contribution in [1.82, 2.24) is 9.55 Å². The molecular formula is C10H15N2O9P. The van der Waals surface area contributed by atoms with E-state index in [-0.39, 0.29) is 5.56 Å². The summed E-state index contributed by atoms with van der Waals surface area (Å²) in [4.78, 5) is 42.3. The molecule has 4 atom stereocenters. The molecule has 1 aromatic rings. The molecule has 22 heavy (non-hydrogen) atoms. The lowest BCUT2D eigenvalue weighted by Gasteiger charge is -2.17. The van der Waals surface area contributed by atoms with E-state index < -0.39 is 50.2 Å².